The first-order valence-electron chi connectivity index (χ1n) is 9.85. The standard InChI is InChI=1S/C23H23N3O3S2/c1-15(2)17-9-11-19(12-10-17)26(4)31(27,28)20-13-14-30-21(20)23-24-22(25-29-23)18-7-5-16(3)6-8-18/h5-15H,1-4H3. The smallest absolute Gasteiger partial charge is 0.269 e. The summed E-state index contributed by atoms with van der Waals surface area (Å²) in [5, 5.41) is 5.75. The van der Waals surface area contributed by atoms with Gasteiger partial charge in [-0.3, -0.25) is 4.31 Å². The van der Waals surface area contributed by atoms with Crippen molar-refractivity contribution in [2.24, 2.45) is 0 Å². The van der Waals surface area contributed by atoms with Gasteiger partial charge in [0.15, 0.2) is 0 Å². The molecule has 0 atom stereocenters. The van der Waals surface area contributed by atoms with E-state index in [9.17, 15) is 8.42 Å². The molecule has 6 nitrogen and oxygen atoms in total. The van der Waals surface area contributed by atoms with Gasteiger partial charge in [0.1, 0.15) is 9.77 Å². The molecule has 4 rings (SSSR count). The summed E-state index contributed by atoms with van der Waals surface area (Å²) in [5.41, 5.74) is 3.68. The van der Waals surface area contributed by atoms with Crippen molar-refractivity contribution in [3.05, 3.63) is 71.1 Å². The molecule has 0 aliphatic carbocycles. The zero-order valence-electron chi connectivity index (χ0n) is 17.7. The van der Waals surface area contributed by atoms with Crippen molar-refractivity contribution >= 4 is 27.0 Å². The van der Waals surface area contributed by atoms with Crippen LogP contribution in [0.2, 0.25) is 0 Å². The molecule has 8 heteroatoms. The summed E-state index contributed by atoms with van der Waals surface area (Å²) in [5.74, 6) is 0.983. The van der Waals surface area contributed by atoms with Crippen LogP contribution < -0.4 is 4.31 Å². The van der Waals surface area contributed by atoms with Crippen molar-refractivity contribution in [2.45, 2.75) is 31.6 Å². The van der Waals surface area contributed by atoms with Crippen molar-refractivity contribution in [3.8, 4) is 22.2 Å². The second-order valence-electron chi connectivity index (χ2n) is 7.62. The summed E-state index contributed by atoms with van der Waals surface area (Å²) in [6.07, 6.45) is 0. The van der Waals surface area contributed by atoms with E-state index in [1.165, 1.54) is 15.6 Å². The lowest BCUT2D eigenvalue weighted by Crippen LogP contribution is -2.26. The fraction of sp³-hybridized carbons (Fsp3) is 0.217. The molecule has 31 heavy (non-hydrogen) atoms. The van der Waals surface area contributed by atoms with E-state index in [4.69, 9.17) is 4.52 Å². The summed E-state index contributed by atoms with van der Waals surface area (Å²) < 4.78 is 33.4. The van der Waals surface area contributed by atoms with E-state index in [0.29, 0.717) is 22.3 Å². The van der Waals surface area contributed by atoms with Crippen LogP contribution in [0.3, 0.4) is 0 Å². The largest absolute Gasteiger partial charge is 0.333 e. The first kappa shape index (κ1) is 21.3. The van der Waals surface area contributed by atoms with Gasteiger partial charge in [0.25, 0.3) is 15.9 Å². The summed E-state index contributed by atoms with van der Waals surface area (Å²) in [6.45, 7) is 6.20. The van der Waals surface area contributed by atoms with E-state index in [1.807, 2.05) is 55.5 Å². The van der Waals surface area contributed by atoms with Gasteiger partial charge in [0, 0.05) is 12.6 Å². The molecule has 0 aliphatic heterocycles. The fourth-order valence-electron chi connectivity index (χ4n) is 3.15. The minimum absolute atomic E-state index is 0.145. The molecule has 0 saturated heterocycles. The lowest BCUT2D eigenvalue weighted by molar-refractivity contribution is 0.432. The van der Waals surface area contributed by atoms with E-state index in [2.05, 4.69) is 24.0 Å². The van der Waals surface area contributed by atoms with Gasteiger partial charge in [-0.05, 0) is 42.0 Å². The Hall–Kier alpha value is -2.97. The summed E-state index contributed by atoms with van der Waals surface area (Å²) in [4.78, 5) is 5.01. The number of hydrogen-bond donors (Lipinski definition) is 0. The minimum Gasteiger partial charge on any atom is -0.333 e. The van der Waals surface area contributed by atoms with Gasteiger partial charge < -0.3 is 4.52 Å². The van der Waals surface area contributed by atoms with Gasteiger partial charge in [-0.1, -0.05) is 61.0 Å². The maximum Gasteiger partial charge on any atom is 0.269 e. The minimum atomic E-state index is -3.81. The monoisotopic (exact) mass is 453 g/mol. The van der Waals surface area contributed by atoms with Crippen LogP contribution in [-0.4, -0.2) is 25.6 Å². The molecular formula is C23H23N3O3S2. The van der Waals surface area contributed by atoms with E-state index in [0.717, 1.165) is 16.7 Å². The van der Waals surface area contributed by atoms with Crippen molar-refractivity contribution < 1.29 is 12.9 Å². The lowest BCUT2D eigenvalue weighted by Gasteiger charge is -2.20. The average molecular weight is 454 g/mol. The van der Waals surface area contributed by atoms with Crippen LogP contribution in [0.25, 0.3) is 22.2 Å². The molecule has 0 bridgehead atoms. The lowest BCUT2D eigenvalue weighted by atomic mass is 10.0. The molecule has 160 valence electrons. The first-order valence-corrected chi connectivity index (χ1v) is 12.2. The van der Waals surface area contributed by atoms with Crippen LogP contribution in [0, 0.1) is 6.92 Å². The number of aryl methyl sites for hydroxylation is 1. The molecular weight excluding hydrogens is 430 g/mol. The zero-order valence-corrected chi connectivity index (χ0v) is 19.4. The van der Waals surface area contributed by atoms with Crippen LogP contribution in [0.5, 0.6) is 0 Å². The molecule has 0 N–H and O–H groups in total. The molecule has 0 saturated carbocycles. The van der Waals surface area contributed by atoms with Gasteiger partial charge in [-0.15, -0.1) is 11.3 Å². The number of aromatic nitrogens is 2. The van der Waals surface area contributed by atoms with Crippen molar-refractivity contribution in [1.29, 1.82) is 0 Å². The number of benzene rings is 2. The second-order valence-corrected chi connectivity index (χ2v) is 10.5. The van der Waals surface area contributed by atoms with Crippen molar-refractivity contribution in [1.82, 2.24) is 10.1 Å². The molecule has 4 aromatic rings. The highest BCUT2D eigenvalue weighted by Crippen LogP contribution is 2.35. The topological polar surface area (TPSA) is 76.3 Å². The molecule has 0 spiro atoms. The van der Waals surface area contributed by atoms with Crippen LogP contribution in [0.1, 0.15) is 30.9 Å². The van der Waals surface area contributed by atoms with E-state index < -0.39 is 10.0 Å². The highest BCUT2D eigenvalue weighted by molar-refractivity contribution is 7.93. The third-order valence-corrected chi connectivity index (χ3v) is 7.98. The molecule has 0 radical (unpaired) electrons. The molecule has 2 aromatic heterocycles. The van der Waals surface area contributed by atoms with Crippen molar-refractivity contribution in [3.63, 3.8) is 0 Å². The Balaban J connectivity index is 1.66. The number of hydrogen-bond acceptors (Lipinski definition) is 6. The van der Waals surface area contributed by atoms with E-state index in [-0.39, 0.29) is 10.8 Å². The third kappa shape index (κ3) is 4.13. The predicted octanol–water partition coefficient (Wildman–Crippen LogP) is 5.72. The Bertz CT molecular complexity index is 1290. The number of nitrogens with zero attached hydrogens (tertiary/aromatic N) is 3. The SMILES string of the molecule is Cc1ccc(-c2noc(-c3sccc3S(=O)(=O)N(C)c3ccc(C(C)C)cc3)n2)cc1. The van der Waals surface area contributed by atoms with Gasteiger partial charge in [-0.2, -0.15) is 4.98 Å². The van der Waals surface area contributed by atoms with Gasteiger partial charge in [-0.25, -0.2) is 8.42 Å². The molecule has 0 aliphatic rings. The summed E-state index contributed by atoms with van der Waals surface area (Å²) in [6, 6.07) is 16.9. The maximum absolute atomic E-state index is 13.4. The summed E-state index contributed by atoms with van der Waals surface area (Å²) in [7, 11) is -2.26. The first-order chi connectivity index (χ1) is 14.8. The Morgan fingerprint density at radius 3 is 2.32 bits per heavy atom. The van der Waals surface area contributed by atoms with Crippen LogP contribution in [0.4, 0.5) is 5.69 Å². The Morgan fingerprint density at radius 2 is 1.68 bits per heavy atom. The van der Waals surface area contributed by atoms with Crippen LogP contribution in [0.15, 0.2) is 69.4 Å². The normalized spacial score (nSPS) is 11.8. The molecule has 0 fully saturated rings. The van der Waals surface area contributed by atoms with E-state index in [1.54, 1.807) is 18.5 Å². The highest BCUT2D eigenvalue weighted by atomic mass is 32.2. The Morgan fingerprint density at radius 1 is 1.00 bits per heavy atom. The Labute approximate surface area is 186 Å². The number of rotatable bonds is 6. The van der Waals surface area contributed by atoms with Crippen LogP contribution in [-0.2, 0) is 10.0 Å². The quantitative estimate of drug-likeness (QED) is 0.373. The maximum atomic E-state index is 13.4. The van der Waals surface area contributed by atoms with Gasteiger partial charge in [0.05, 0.1) is 5.69 Å². The molecule has 2 aromatic carbocycles. The molecule has 0 amide bonds. The fourth-order valence-corrected chi connectivity index (χ4v) is 5.66. The Kier molecular flexibility index (Phi) is 5.68. The second kappa shape index (κ2) is 8.28. The highest BCUT2D eigenvalue weighted by Gasteiger charge is 2.28. The van der Waals surface area contributed by atoms with E-state index >= 15 is 0 Å². The predicted molar refractivity (Wildman–Crippen MR) is 124 cm³/mol. The molecule has 0 unspecified atom stereocenters. The van der Waals surface area contributed by atoms with Gasteiger partial charge in [0.2, 0.25) is 5.82 Å². The molecule has 2 heterocycles. The number of sulfonamides is 1. The zero-order chi connectivity index (χ0) is 22.2. The summed E-state index contributed by atoms with van der Waals surface area (Å²) >= 11 is 1.26. The van der Waals surface area contributed by atoms with Gasteiger partial charge >= 0.3 is 0 Å². The van der Waals surface area contributed by atoms with Crippen LogP contribution >= 0.6 is 11.3 Å². The average Bonchev–Trinajstić information content (AvgIpc) is 3.43. The third-order valence-electron chi connectivity index (χ3n) is 5.12. The number of thiophene rings is 1. The van der Waals surface area contributed by atoms with Crippen molar-refractivity contribution in [2.75, 3.05) is 11.4 Å². The number of anilines is 1.